The molecule has 0 radical (unpaired) electrons. The number of pyridine rings is 1. The van der Waals surface area contributed by atoms with Crippen molar-refractivity contribution < 1.29 is 0 Å². The molecule has 0 spiro atoms. The van der Waals surface area contributed by atoms with Crippen LogP contribution in [0.1, 0.15) is 13.3 Å². The smallest absolute Gasteiger partial charge is 0.180 e. The van der Waals surface area contributed by atoms with Crippen LogP contribution in [0.25, 0.3) is 22.3 Å². The highest BCUT2D eigenvalue weighted by Gasteiger charge is 2.10. The van der Waals surface area contributed by atoms with Crippen LogP contribution >= 0.6 is 22.6 Å². The summed E-state index contributed by atoms with van der Waals surface area (Å²) in [5.74, 6) is 1.53. The summed E-state index contributed by atoms with van der Waals surface area (Å²) in [6.07, 6.45) is 4.70. The summed E-state index contributed by atoms with van der Waals surface area (Å²) in [6, 6.07) is 10.2. The van der Waals surface area contributed by atoms with E-state index >= 15 is 0 Å². The third-order valence-corrected chi connectivity index (χ3v) is 3.96. The largest absolute Gasteiger partial charge is 0.369 e. The number of fused-ring (bicyclic) bond motifs is 1. The molecule has 0 saturated carbocycles. The molecule has 0 aliphatic rings. The first kappa shape index (κ1) is 14.2. The monoisotopic (exact) mass is 390 g/mol. The molecule has 0 saturated heterocycles. The van der Waals surface area contributed by atoms with Crippen molar-refractivity contribution in [1.29, 1.82) is 0 Å². The summed E-state index contributed by atoms with van der Waals surface area (Å²) in [6.45, 7) is 3.03. The lowest BCUT2D eigenvalue weighted by atomic mass is 10.1. The van der Waals surface area contributed by atoms with E-state index in [2.05, 4.69) is 61.9 Å². The molecule has 0 aliphatic heterocycles. The predicted molar refractivity (Wildman–Crippen MR) is 94.3 cm³/mol. The molecule has 106 valence electrons. The molecule has 0 unspecified atom stereocenters. The zero-order chi connectivity index (χ0) is 14.7. The average molecular weight is 390 g/mol. The molecule has 0 aliphatic carbocycles. The highest BCUT2D eigenvalue weighted by atomic mass is 127. The normalized spacial score (nSPS) is 10.8. The average Bonchev–Trinajstić information content (AvgIpc) is 2.54. The molecule has 2 aromatic heterocycles. The van der Waals surface area contributed by atoms with Gasteiger partial charge in [-0.2, -0.15) is 0 Å². The van der Waals surface area contributed by atoms with Gasteiger partial charge in [0.2, 0.25) is 0 Å². The predicted octanol–water partition coefficient (Wildman–Crippen LogP) is 4.12. The van der Waals surface area contributed by atoms with Crippen LogP contribution in [0.3, 0.4) is 0 Å². The summed E-state index contributed by atoms with van der Waals surface area (Å²) >= 11 is 2.25. The van der Waals surface area contributed by atoms with Crippen LogP contribution in [0.2, 0.25) is 0 Å². The molecule has 0 amide bonds. The van der Waals surface area contributed by atoms with Crippen LogP contribution in [0.4, 0.5) is 5.82 Å². The van der Waals surface area contributed by atoms with Gasteiger partial charge in [0.1, 0.15) is 11.5 Å². The summed E-state index contributed by atoms with van der Waals surface area (Å²) in [4.78, 5) is 13.6. The van der Waals surface area contributed by atoms with Crippen LogP contribution in [-0.4, -0.2) is 21.5 Å². The molecule has 1 N–H and O–H groups in total. The van der Waals surface area contributed by atoms with E-state index < -0.39 is 0 Å². The maximum Gasteiger partial charge on any atom is 0.180 e. The van der Waals surface area contributed by atoms with Gasteiger partial charge in [0.25, 0.3) is 0 Å². The van der Waals surface area contributed by atoms with E-state index in [1.54, 1.807) is 6.20 Å². The summed E-state index contributed by atoms with van der Waals surface area (Å²) in [7, 11) is 0. The Labute approximate surface area is 137 Å². The van der Waals surface area contributed by atoms with Crippen molar-refractivity contribution >= 4 is 39.2 Å². The van der Waals surface area contributed by atoms with E-state index in [9.17, 15) is 0 Å². The Morgan fingerprint density at radius 2 is 2.00 bits per heavy atom. The lowest BCUT2D eigenvalue weighted by Crippen LogP contribution is -2.06. The zero-order valence-electron chi connectivity index (χ0n) is 11.7. The highest BCUT2D eigenvalue weighted by molar-refractivity contribution is 14.1. The molecule has 4 nitrogen and oxygen atoms in total. The Balaban J connectivity index is 2.10. The van der Waals surface area contributed by atoms with E-state index in [0.29, 0.717) is 5.82 Å². The Morgan fingerprint density at radius 1 is 1.14 bits per heavy atom. The van der Waals surface area contributed by atoms with Crippen molar-refractivity contribution in [2.75, 3.05) is 11.9 Å². The second-order valence-corrected chi connectivity index (χ2v) is 5.86. The van der Waals surface area contributed by atoms with Gasteiger partial charge in [-0.05, 0) is 40.5 Å². The molecular formula is C16H15IN4. The van der Waals surface area contributed by atoms with E-state index in [-0.39, 0.29) is 0 Å². The van der Waals surface area contributed by atoms with Gasteiger partial charge >= 0.3 is 0 Å². The fourth-order valence-electron chi connectivity index (χ4n) is 2.15. The number of rotatable bonds is 4. The molecular weight excluding hydrogens is 375 g/mol. The fourth-order valence-corrected chi connectivity index (χ4v) is 2.60. The molecule has 0 atom stereocenters. The van der Waals surface area contributed by atoms with Crippen molar-refractivity contribution in [1.82, 2.24) is 15.0 Å². The minimum Gasteiger partial charge on any atom is -0.369 e. The molecule has 21 heavy (non-hydrogen) atoms. The molecule has 0 bridgehead atoms. The second-order valence-electron chi connectivity index (χ2n) is 4.70. The fraction of sp³-hybridized carbons (Fsp3) is 0.188. The van der Waals surface area contributed by atoms with Gasteiger partial charge in [0.05, 0.1) is 3.57 Å². The third-order valence-electron chi connectivity index (χ3n) is 3.17. The Bertz CT molecular complexity index is 768. The zero-order valence-corrected chi connectivity index (χ0v) is 13.8. The summed E-state index contributed by atoms with van der Waals surface area (Å²) in [5.41, 5.74) is 0.823. The van der Waals surface area contributed by atoms with Gasteiger partial charge < -0.3 is 5.32 Å². The number of benzene rings is 1. The first-order chi connectivity index (χ1) is 10.3. The van der Waals surface area contributed by atoms with Gasteiger partial charge in [0.15, 0.2) is 5.82 Å². The maximum absolute atomic E-state index is 4.64. The molecule has 3 aromatic rings. The lowest BCUT2D eigenvalue weighted by Gasteiger charge is -2.09. The number of halogens is 1. The minimum atomic E-state index is 0.658. The lowest BCUT2D eigenvalue weighted by molar-refractivity contribution is 0.962. The molecule has 0 fully saturated rings. The van der Waals surface area contributed by atoms with Gasteiger partial charge in [-0.3, -0.25) is 4.98 Å². The van der Waals surface area contributed by atoms with Crippen molar-refractivity contribution in [3.05, 3.63) is 46.3 Å². The minimum absolute atomic E-state index is 0.658. The number of nitrogens with zero attached hydrogens (tertiary/aromatic N) is 3. The Hall–Kier alpha value is -1.76. The van der Waals surface area contributed by atoms with Crippen LogP contribution in [0.5, 0.6) is 0 Å². The van der Waals surface area contributed by atoms with Gasteiger partial charge in [-0.25, -0.2) is 9.97 Å². The number of anilines is 1. The first-order valence-corrected chi connectivity index (χ1v) is 7.98. The quantitative estimate of drug-likeness (QED) is 0.681. The van der Waals surface area contributed by atoms with E-state index in [1.807, 2.05) is 24.4 Å². The number of hydrogen-bond donors (Lipinski definition) is 1. The van der Waals surface area contributed by atoms with Crippen LogP contribution < -0.4 is 5.32 Å². The van der Waals surface area contributed by atoms with E-state index in [1.165, 1.54) is 0 Å². The van der Waals surface area contributed by atoms with Crippen LogP contribution in [-0.2, 0) is 0 Å². The number of nitrogens with one attached hydrogen (secondary N) is 1. The third kappa shape index (κ3) is 2.97. The maximum atomic E-state index is 4.64. The van der Waals surface area contributed by atoms with Gasteiger partial charge in [0, 0.05) is 24.3 Å². The summed E-state index contributed by atoms with van der Waals surface area (Å²) in [5, 5.41) is 5.55. The second kappa shape index (κ2) is 6.34. The topological polar surface area (TPSA) is 50.7 Å². The first-order valence-electron chi connectivity index (χ1n) is 6.90. The van der Waals surface area contributed by atoms with Crippen molar-refractivity contribution in [3.8, 4) is 11.5 Å². The molecule has 1 aromatic carbocycles. The van der Waals surface area contributed by atoms with Crippen molar-refractivity contribution in [2.45, 2.75) is 13.3 Å². The SMILES string of the molecule is CCCNc1nc(-c2nccc3ccccc23)ncc1I. The standard InChI is InChI=1S/C16H15IN4/c1-2-8-19-15-13(17)10-20-16(21-15)14-12-6-4-3-5-11(12)7-9-18-14/h3-7,9-10H,2,8H2,1H3,(H,19,20,21). The molecule has 2 heterocycles. The van der Waals surface area contributed by atoms with Gasteiger partial charge in [-0.15, -0.1) is 0 Å². The highest BCUT2D eigenvalue weighted by Crippen LogP contribution is 2.25. The number of aromatic nitrogens is 3. The number of hydrogen-bond acceptors (Lipinski definition) is 4. The van der Waals surface area contributed by atoms with Crippen LogP contribution in [0, 0.1) is 3.57 Å². The Kier molecular flexibility index (Phi) is 4.28. The van der Waals surface area contributed by atoms with Crippen molar-refractivity contribution in [3.63, 3.8) is 0 Å². The Morgan fingerprint density at radius 3 is 2.86 bits per heavy atom. The summed E-state index contributed by atoms with van der Waals surface area (Å²) < 4.78 is 1.02. The van der Waals surface area contributed by atoms with E-state index in [0.717, 1.165) is 38.8 Å². The van der Waals surface area contributed by atoms with Crippen molar-refractivity contribution in [2.24, 2.45) is 0 Å². The van der Waals surface area contributed by atoms with Crippen LogP contribution in [0.15, 0.2) is 42.7 Å². The molecule has 3 rings (SSSR count). The molecule has 5 heteroatoms. The van der Waals surface area contributed by atoms with Gasteiger partial charge in [-0.1, -0.05) is 31.2 Å². The van der Waals surface area contributed by atoms with E-state index in [4.69, 9.17) is 0 Å².